The first kappa shape index (κ1) is 15.5. The van der Waals surface area contributed by atoms with Crippen molar-refractivity contribution >= 4 is 37.8 Å². The molecule has 1 saturated carbocycles. The number of carbonyl (C=O) groups is 1. The van der Waals surface area contributed by atoms with Gasteiger partial charge in [-0.3, -0.25) is 4.79 Å². The fourth-order valence-electron chi connectivity index (χ4n) is 3.87. The van der Waals surface area contributed by atoms with E-state index in [9.17, 15) is 4.79 Å². The normalized spacial score (nSPS) is 23.5. The maximum Gasteiger partial charge on any atom is 0.255 e. The summed E-state index contributed by atoms with van der Waals surface area (Å²) < 4.78 is 1.88. The van der Waals surface area contributed by atoms with Crippen molar-refractivity contribution in [3.05, 3.63) is 32.7 Å². The van der Waals surface area contributed by atoms with Gasteiger partial charge in [-0.25, -0.2) is 0 Å². The van der Waals surface area contributed by atoms with E-state index in [1.165, 1.54) is 38.5 Å². The Labute approximate surface area is 143 Å². The predicted octanol–water partition coefficient (Wildman–Crippen LogP) is 5.40. The van der Waals surface area contributed by atoms with Crippen LogP contribution in [0, 0.1) is 5.92 Å². The van der Waals surface area contributed by atoms with Gasteiger partial charge in [0.2, 0.25) is 0 Å². The Kier molecular flexibility index (Phi) is 5.05. The largest absolute Gasteiger partial charge is 0.335 e. The second kappa shape index (κ2) is 6.82. The molecule has 2 nitrogen and oxygen atoms in total. The molecule has 1 aliphatic heterocycles. The molecular formula is C17H21Br2NO. The summed E-state index contributed by atoms with van der Waals surface area (Å²) in [6, 6.07) is 6.29. The Morgan fingerprint density at radius 3 is 2.52 bits per heavy atom. The molecular weight excluding hydrogens is 394 g/mol. The number of rotatable bonds is 2. The van der Waals surface area contributed by atoms with Gasteiger partial charge in [-0.1, -0.05) is 35.2 Å². The molecule has 1 unspecified atom stereocenters. The van der Waals surface area contributed by atoms with E-state index in [2.05, 4.69) is 36.8 Å². The van der Waals surface area contributed by atoms with Gasteiger partial charge < -0.3 is 4.90 Å². The highest BCUT2D eigenvalue weighted by Crippen LogP contribution is 2.35. The van der Waals surface area contributed by atoms with Crippen molar-refractivity contribution in [2.75, 3.05) is 6.54 Å². The van der Waals surface area contributed by atoms with E-state index in [4.69, 9.17) is 0 Å². The van der Waals surface area contributed by atoms with Crippen LogP contribution in [-0.4, -0.2) is 23.4 Å². The van der Waals surface area contributed by atoms with Crippen LogP contribution < -0.4 is 0 Å². The minimum Gasteiger partial charge on any atom is -0.335 e. The quantitative estimate of drug-likeness (QED) is 0.634. The number of nitrogens with zero attached hydrogens (tertiary/aromatic N) is 1. The van der Waals surface area contributed by atoms with Gasteiger partial charge in [0, 0.05) is 21.5 Å². The third-order valence-electron chi connectivity index (χ3n) is 4.92. The standard InChI is InChI=1S/C17H21Br2NO/c18-13-8-9-14(15(19)11-13)17(21)20-10-4-7-16(20)12-5-2-1-3-6-12/h8-9,11-12,16H,1-7,10H2. The highest BCUT2D eigenvalue weighted by molar-refractivity contribution is 9.11. The minimum absolute atomic E-state index is 0.197. The van der Waals surface area contributed by atoms with E-state index in [1.807, 2.05) is 18.2 Å². The molecule has 1 heterocycles. The minimum atomic E-state index is 0.197. The molecule has 3 rings (SSSR count). The fraction of sp³-hybridized carbons (Fsp3) is 0.588. The Hall–Kier alpha value is -0.350. The molecule has 4 heteroatoms. The zero-order valence-electron chi connectivity index (χ0n) is 12.2. The number of hydrogen-bond donors (Lipinski definition) is 0. The third kappa shape index (κ3) is 3.37. The first-order chi connectivity index (χ1) is 10.2. The van der Waals surface area contributed by atoms with E-state index < -0.39 is 0 Å². The van der Waals surface area contributed by atoms with Gasteiger partial charge in [-0.05, 0) is 65.7 Å². The molecule has 2 aliphatic rings. The van der Waals surface area contributed by atoms with Gasteiger partial charge in [0.05, 0.1) is 5.56 Å². The van der Waals surface area contributed by atoms with Gasteiger partial charge in [0.15, 0.2) is 0 Å². The van der Waals surface area contributed by atoms with Crippen molar-refractivity contribution in [1.29, 1.82) is 0 Å². The molecule has 0 aromatic heterocycles. The zero-order valence-corrected chi connectivity index (χ0v) is 15.3. The molecule has 114 valence electrons. The lowest BCUT2D eigenvalue weighted by Gasteiger charge is -2.34. The van der Waals surface area contributed by atoms with Crippen molar-refractivity contribution < 1.29 is 4.79 Å². The fourth-order valence-corrected chi connectivity index (χ4v) is 5.09. The van der Waals surface area contributed by atoms with Gasteiger partial charge in [0.1, 0.15) is 0 Å². The summed E-state index contributed by atoms with van der Waals surface area (Å²) in [6.07, 6.45) is 8.99. The third-order valence-corrected chi connectivity index (χ3v) is 6.06. The van der Waals surface area contributed by atoms with Gasteiger partial charge >= 0.3 is 0 Å². The Morgan fingerprint density at radius 1 is 1.05 bits per heavy atom. The topological polar surface area (TPSA) is 20.3 Å². The first-order valence-electron chi connectivity index (χ1n) is 7.93. The van der Waals surface area contributed by atoms with Crippen LogP contribution >= 0.6 is 31.9 Å². The van der Waals surface area contributed by atoms with Crippen molar-refractivity contribution in [3.8, 4) is 0 Å². The summed E-state index contributed by atoms with van der Waals surface area (Å²) in [5.41, 5.74) is 0.793. The molecule has 1 saturated heterocycles. The lowest BCUT2D eigenvalue weighted by molar-refractivity contribution is 0.0660. The Balaban J connectivity index is 1.79. The first-order valence-corrected chi connectivity index (χ1v) is 9.51. The van der Waals surface area contributed by atoms with Crippen molar-refractivity contribution in [2.24, 2.45) is 5.92 Å². The molecule has 0 radical (unpaired) electrons. The summed E-state index contributed by atoms with van der Waals surface area (Å²) in [6.45, 7) is 0.919. The van der Waals surface area contributed by atoms with Crippen molar-refractivity contribution in [3.63, 3.8) is 0 Å². The van der Waals surface area contributed by atoms with Crippen molar-refractivity contribution in [2.45, 2.75) is 51.0 Å². The number of likely N-dealkylation sites (tertiary alicyclic amines) is 1. The number of hydrogen-bond acceptors (Lipinski definition) is 1. The molecule has 1 aliphatic carbocycles. The molecule has 0 N–H and O–H groups in total. The average molecular weight is 415 g/mol. The zero-order chi connectivity index (χ0) is 14.8. The molecule has 0 bridgehead atoms. The van der Waals surface area contributed by atoms with Gasteiger partial charge in [-0.2, -0.15) is 0 Å². The van der Waals surface area contributed by atoms with E-state index >= 15 is 0 Å². The maximum absolute atomic E-state index is 12.9. The smallest absolute Gasteiger partial charge is 0.255 e. The van der Waals surface area contributed by atoms with Crippen LogP contribution in [0.25, 0.3) is 0 Å². The molecule has 0 spiro atoms. The summed E-state index contributed by atoms with van der Waals surface area (Å²) in [5, 5.41) is 0. The van der Waals surface area contributed by atoms with Crippen LogP contribution in [-0.2, 0) is 0 Å². The summed E-state index contributed by atoms with van der Waals surface area (Å²) >= 11 is 6.98. The number of carbonyl (C=O) groups excluding carboxylic acids is 1. The molecule has 1 atom stereocenters. The lowest BCUT2D eigenvalue weighted by atomic mass is 9.83. The Bertz CT molecular complexity index is 526. The summed E-state index contributed by atoms with van der Waals surface area (Å²) in [5.74, 6) is 0.918. The molecule has 2 fully saturated rings. The average Bonchev–Trinajstić information content (AvgIpc) is 2.97. The monoisotopic (exact) mass is 413 g/mol. The highest BCUT2D eigenvalue weighted by Gasteiger charge is 2.35. The molecule has 21 heavy (non-hydrogen) atoms. The number of amides is 1. The van der Waals surface area contributed by atoms with Crippen molar-refractivity contribution in [1.82, 2.24) is 4.90 Å². The van der Waals surface area contributed by atoms with E-state index in [0.29, 0.717) is 6.04 Å². The van der Waals surface area contributed by atoms with Crippen LogP contribution in [0.2, 0.25) is 0 Å². The summed E-state index contributed by atoms with van der Waals surface area (Å²) in [4.78, 5) is 15.1. The Morgan fingerprint density at radius 2 is 1.81 bits per heavy atom. The second-order valence-electron chi connectivity index (χ2n) is 6.23. The van der Waals surface area contributed by atoms with Crippen LogP contribution in [0.5, 0.6) is 0 Å². The number of halogens is 2. The van der Waals surface area contributed by atoms with Crippen LogP contribution in [0.1, 0.15) is 55.3 Å². The molecule has 1 aromatic carbocycles. The lowest BCUT2D eigenvalue weighted by Crippen LogP contribution is -2.40. The highest BCUT2D eigenvalue weighted by atomic mass is 79.9. The molecule has 1 aromatic rings. The van der Waals surface area contributed by atoms with Gasteiger partial charge in [0.25, 0.3) is 5.91 Å². The van der Waals surface area contributed by atoms with E-state index in [1.54, 1.807) is 0 Å². The van der Waals surface area contributed by atoms with Crippen LogP contribution in [0.3, 0.4) is 0 Å². The second-order valence-corrected chi connectivity index (χ2v) is 8.00. The van der Waals surface area contributed by atoms with E-state index in [0.717, 1.165) is 33.4 Å². The molecule has 1 amide bonds. The van der Waals surface area contributed by atoms with Crippen LogP contribution in [0.15, 0.2) is 27.1 Å². The number of benzene rings is 1. The maximum atomic E-state index is 12.9. The SMILES string of the molecule is O=C(c1ccc(Br)cc1Br)N1CCCC1C1CCCCC1. The summed E-state index contributed by atoms with van der Waals surface area (Å²) in [7, 11) is 0. The van der Waals surface area contributed by atoms with Gasteiger partial charge in [-0.15, -0.1) is 0 Å². The predicted molar refractivity (Wildman–Crippen MR) is 92.5 cm³/mol. The van der Waals surface area contributed by atoms with Crippen LogP contribution in [0.4, 0.5) is 0 Å². The van der Waals surface area contributed by atoms with E-state index in [-0.39, 0.29) is 5.91 Å².